The third-order valence-corrected chi connectivity index (χ3v) is 2.93. The number of ether oxygens (including phenoxy) is 1. The summed E-state index contributed by atoms with van der Waals surface area (Å²) in [7, 11) is 0. The maximum atomic E-state index is 12.4. The third kappa shape index (κ3) is 5.28. The number of hydrogen-bond donors (Lipinski definition) is 1. The van der Waals surface area contributed by atoms with Crippen LogP contribution < -0.4 is 10.1 Å². The normalized spacial score (nSPS) is 11.1. The second kappa shape index (κ2) is 7.62. The Kier molecular flexibility index (Phi) is 5.56. The van der Waals surface area contributed by atoms with Crippen LogP contribution in [0, 0.1) is 0 Å². The van der Waals surface area contributed by atoms with E-state index >= 15 is 0 Å². The van der Waals surface area contributed by atoms with E-state index in [1.807, 2.05) is 30.3 Å². The number of para-hydroxylation sites is 1. The molecule has 1 aromatic carbocycles. The van der Waals surface area contributed by atoms with Crippen LogP contribution in [0.1, 0.15) is 22.5 Å². The van der Waals surface area contributed by atoms with Crippen LogP contribution in [0.5, 0.6) is 5.75 Å². The largest absolute Gasteiger partial charge is 0.494 e. The first-order valence-electron chi connectivity index (χ1n) is 6.96. The molecule has 0 fully saturated rings. The van der Waals surface area contributed by atoms with Crippen LogP contribution in [0.3, 0.4) is 0 Å². The molecule has 1 N–H and O–H groups in total. The molecule has 0 spiro atoms. The molecule has 23 heavy (non-hydrogen) atoms. The van der Waals surface area contributed by atoms with Crippen molar-refractivity contribution in [2.24, 2.45) is 0 Å². The van der Waals surface area contributed by atoms with Gasteiger partial charge >= 0.3 is 6.18 Å². The number of amides is 1. The molecular formula is C16H15F3N2O2. The Bertz CT molecular complexity index is 628. The second-order valence-electron chi connectivity index (χ2n) is 4.70. The van der Waals surface area contributed by atoms with Gasteiger partial charge in [0.25, 0.3) is 5.91 Å². The summed E-state index contributed by atoms with van der Waals surface area (Å²) in [6.45, 7) is 0.780. The lowest BCUT2D eigenvalue weighted by Gasteiger charge is -2.08. The van der Waals surface area contributed by atoms with Crippen LogP contribution in [0.15, 0.2) is 48.7 Å². The van der Waals surface area contributed by atoms with E-state index < -0.39 is 17.8 Å². The van der Waals surface area contributed by atoms with Crippen LogP contribution in [-0.2, 0) is 6.18 Å². The monoisotopic (exact) mass is 324 g/mol. The highest BCUT2D eigenvalue weighted by Gasteiger charge is 2.32. The summed E-state index contributed by atoms with van der Waals surface area (Å²) < 4.78 is 42.6. The van der Waals surface area contributed by atoms with Crippen LogP contribution in [0.25, 0.3) is 0 Å². The van der Waals surface area contributed by atoms with Gasteiger partial charge in [-0.05, 0) is 30.7 Å². The number of nitrogens with one attached hydrogen (secondary N) is 1. The predicted octanol–water partition coefficient (Wildman–Crippen LogP) is 3.30. The zero-order chi connectivity index (χ0) is 16.7. The van der Waals surface area contributed by atoms with Crippen LogP contribution >= 0.6 is 0 Å². The molecule has 0 aliphatic heterocycles. The second-order valence-corrected chi connectivity index (χ2v) is 4.70. The van der Waals surface area contributed by atoms with E-state index in [2.05, 4.69) is 10.3 Å². The summed E-state index contributed by atoms with van der Waals surface area (Å²) in [5.74, 6) is 0.275. The van der Waals surface area contributed by atoms with Gasteiger partial charge in [0.2, 0.25) is 0 Å². The standard InChI is InChI=1S/C16H15F3N2O2/c17-16(18,19)14-8-7-12(11-21-14)15(22)20-9-4-10-23-13-5-2-1-3-6-13/h1-3,5-8,11H,4,9-10H2,(H,20,22). The number of rotatable bonds is 6. The lowest BCUT2D eigenvalue weighted by atomic mass is 10.2. The van der Waals surface area contributed by atoms with E-state index in [1.54, 1.807) is 0 Å². The van der Waals surface area contributed by atoms with Gasteiger partial charge in [0.1, 0.15) is 11.4 Å². The molecule has 0 bridgehead atoms. The number of hydrogen-bond acceptors (Lipinski definition) is 3. The summed E-state index contributed by atoms with van der Waals surface area (Å²) in [5, 5.41) is 2.60. The first-order chi connectivity index (χ1) is 11.0. The first kappa shape index (κ1) is 16.8. The highest BCUT2D eigenvalue weighted by molar-refractivity contribution is 5.93. The number of nitrogens with zero attached hydrogens (tertiary/aromatic N) is 1. The number of carbonyl (C=O) groups is 1. The lowest BCUT2D eigenvalue weighted by molar-refractivity contribution is -0.141. The van der Waals surface area contributed by atoms with Crippen molar-refractivity contribution in [2.75, 3.05) is 13.2 Å². The molecule has 0 saturated carbocycles. The molecule has 7 heteroatoms. The van der Waals surface area contributed by atoms with Crippen molar-refractivity contribution in [2.45, 2.75) is 12.6 Å². The average molecular weight is 324 g/mol. The van der Waals surface area contributed by atoms with Gasteiger partial charge in [0.05, 0.1) is 12.2 Å². The van der Waals surface area contributed by atoms with Gasteiger partial charge in [-0.25, -0.2) is 0 Å². The fraction of sp³-hybridized carbons (Fsp3) is 0.250. The van der Waals surface area contributed by atoms with Crippen LogP contribution in [0.2, 0.25) is 0 Å². The number of aromatic nitrogens is 1. The minimum atomic E-state index is -4.51. The van der Waals surface area contributed by atoms with Gasteiger partial charge < -0.3 is 10.1 Å². The fourth-order valence-corrected chi connectivity index (χ4v) is 1.78. The molecule has 1 heterocycles. The molecular weight excluding hydrogens is 309 g/mol. The Balaban J connectivity index is 1.72. The van der Waals surface area contributed by atoms with E-state index in [-0.39, 0.29) is 5.56 Å². The van der Waals surface area contributed by atoms with E-state index in [1.165, 1.54) is 0 Å². The number of pyridine rings is 1. The molecule has 0 aliphatic carbocycles. The number of halogens is 3. The summed E-state index contributed by atoms with van der Waals surface area (Å²) in [6, 6.07) is 11.1. The van der Waals surface area contributed by atoms with E-state index in [0.717, 1.165) is 24.1 Å². The van der Waals surface area contributed by atoms with Crippen molar-refractivity contribution in [1.29, 1.82) is 0 Å². The lowest BCUT2D eigenvalue weighted by Crippen LogP contribution is -2.26. The number of alkyl halides is 3. The van der Waals surface area contributed by atoms with Gasteiger partial charge in [-0.15, -0.1) is 0 Å². The summed E-state index contributed by atoms with van der Waals surface area (Å²) in [6.07, 6.45) is -3.02. The summed E-state index contributed by atoms with van der Waals surface area (Å²) >= 11 is 0. The molecule has 0 unspecified atom stereocenters. The average Bonchev–Trinajstić information content (AvgIpc) is 2.54. The minimum Gasteiger partial charge on any atom is -0.494 e. The van der Waals surface area contributed by atoms with Crippen molar-refractivity contribution in [1.82, 2.24) is 10.3 Å². The highest BCUT2D eigenvalue weighted by atomic mass is 19.4. The van der Waals surface area contributed by atoms with Crippen LogP contribution in [-0.4, -0.2) is 24.0 Å². The van der Waals surface area contributed by atoms with E-state index in [9.17, 15) is 18.0 Å². The van der Waals surface area contributed by atoms with Crippen LogP contribution in [0.4, 0.5) is 13.2 Å². The number of benzene rings is 1. The maximum Gasteiger partial charge on any atom is 0.433 e. The molecule has 1 amide bonds. The van der Waals surface area contributed by atoms with Gasteiger partial charge in [0.15, 0.2) is 0 Å². The van der Waals surface area contributed by atoms with Crippen molar-refractivity contribution in [3.8, 4) is 5.75 Å². The molecule has 4 nitrogen and oxygen atoms in total. The smallest absolute Gasteiger partial charge is 0.433 e. The quantitative estimate of drug-likeness (QED) is 0.830. The highest BCUT2D eigenvalue weighted by Crippen LogP contribution is 2.27. The molecule has 0 radical (unpaired) electrons. The maximum absolute atomic E-state index is 12.4. The zero-order valence-electron chi connectivity index (χ0n) is 12.1. The van der Waals surface area contributed by atoms with Crippen molar-refractivity contribution in [3.05, 3.63) is 59.9 Å². The topological polar surface area (TPSA) is 51.2 Å². The van der Waals surface area contributed by atoms with E-state index in [4.69, 9.17) is 4.74 Å². The van der Waals surface area contributed by atoms with Crippen molar-refractivity contribution in [3.63, 3.8) is 0 Å². The SMILES string of the molecule is O=C(NCCCOc1ccccc1)c1ccc(C(F)(F)F)nc1. The third-order valence-electron chi connectivity index (χ3n) is 2.93. The summed E-state index contributed by atoms with van der Waals surface area (Å²) in [4.78, 5) is 15.0. The zero-order valence-corrected chi connectivity index (χ0v) is 12.1. The van der Waals surface area contributed by atoms with Gasteiger partial charge in [-0.1, -0.05) is 18.2 Å². The van der Waals surface area contributed by atoms with Crippen molar-refractivity contribution < 1.29 is 22.7 Å². The fourth-order valence-electron chi connectivity index (χ4n) is 1.78. The Labute approximate surface area is 131 Å². The summed E-state index contributed by atoms with van der Waals surface area (Å²) in [5.41, 5.74) is -0.938. The number of carbonyl (C=O) groups excluding carboxylic acids is 1. The van der Waals surface area contributed by atoms with Crippen molar-refractivity contribution >= 4 is 5.91 Å². The molecule has 2 aromatic rings. The minimum absolute atomic E-state index is 0.0852. The Morgan fingerprint density at radius 1 is 1.13 bits per heavy atom. The predicted molar refractivity (Wildman–Crippen MR) is 78.1 cm³/mol. The molecule has 1 aromatic heterocycles. The molecule has 0 atom stereocenters. The molecule has 122 valence electrons. The Hall–Kier alpha value is -2.57. The Morgan fingerprint density at radius 2 is 1.87 bits per heavy atom. The van der Waals surface area contributed by atoms with Gasteiger partial charge in [-0.3, -0.25) is 9.78 Å². The molecule has 2 rings (SSSR count). The molecule has 0 saturated heterocycles. The van der Waals surface area contributed by atoms with E-state index in [0.29, 0.717) is 19.6 Å². The Morgan fingerprint density at radius 3 is 2.48 bits per heavy atom. The molecule has 0 aliphatic rings. The van der Waals surface area contributed by atoms with Gasteiger partial charge in [-0.2, -0.15) is 13.2 Å². The first-order valence-corrected chi connectivity index (χ1v) is 6.96. The van der Waals surface area contributed by atoms with Gasteiger partial charge in [0, 0.05) is 12.7 Å².